The summed E-state index contributed by atoms with van der Waals surface area (Å²) in [6.45, 7) is 0. The summed E-state index contributed by atoms with van der Waals surface area (Å²) in [7, 11) is 1.18. The van der Waals surface area contributed by atoms with Crippen LogP contribution in [-0.4, -0.2) is 92.3 Å². The maximum atomic E-state index is 9.63. The summed E-state index contributed by atoms with van der Waals surface area (Å²) in [4.78, 5) is 17.1. The molecule has 10 rings (SSSR count). The molecule has 0 N–H and O–H groups in total. The molecule has 0 atom stereocenters. The van der Waals surface area contributed by atoms with Crippen molar-refractivity contribution in [1.82, 2.24) is 0 Å². The molecule has 0 aromatic heterocycles. The molecule has 0 saturated heterocycles. The fourth-order valence-electron chi connectivity index (χ4n) is 7.26. The van der Waals surface area contributed by atoms with Gasteiger partial charge in [0.25, 0.3) is 0 Å². The summed E-state index contributed by atoms with van der Waals surface area (Å²) >= 11 is 3.17. The molecule has 0 bridgehead atoms. The minimum Gasteiger partial charge on any atom is -0.0901 e. The molecule has 89 heavy (non-hydrogen) atoms. The number of alkyl halides is 3. The second-order valence-electron chi connectivity index (χ2n) is 14.7. The fraction of sp³-hybridized carbons (Fsp3) is 0.0476. The second kappa shape index (κ2) is 66.1. The fourth-order valence-corrected chi connectivity index (χ4v) is 15.2. The first-order chi connectivity index (χ1) is 44.2. The van der Waals surface area contributed by atoms with E-state index in [0.717, 1.165) is 0 Å². The van der Waals surface area contributed by atoms with E-state index in [9.17, 15) is 21.6 Å². The molecule has 482 valence electrons. The zero-order chi connectivity index (χ0) is 67.9. The smallest absolute Gasteiger partial charge is 0.0901 e. The van der Waals surface area contributed by atoms with E-state index < -0.39 is 0 Å². The molecule has 0 heterocycles. The molecular weight excluding hydrogens is 1620 g/mol. The van der Waals surface area contributed by atoms with Crippen LogP contribution in [0.1, 0.15) is 0 Å². The van der Waals surface area contributed by atoms with Crippen LogP contribution in [0.4, 0.5) is 76.5 Å². The number of benzene rings is 10. The Kier molecular flexibility index (Phi) is 67.2. The molecule has 0 aliphatic rings. The minimum atomic E-state index is -0.150. The third kappa shape index (κ3) is 35.0. The van der Waals surface area contributed by atoms with Gasteiger partial charge in [0.2, 0.25) is 0 Å². The molecule has 0 unspecified atom stereocenters. The van der Waals surface area contributed by atoms with Crippen molar-refractivity contribution < 1.29 is 76.5 Å². The largest absolute Gasteiger partial charge is 0.166 e. The molecule has 0 saturated carbocycles. The predicted octanol–water partition coefficient (Wildman–Crippen LogP) is 22.3. The molecule has 0 aliphatic heterocycles. The summed E-state index contributed by atoms with van der Waals surface area (Å²) < 4.78 is 153. The number of halogens is 18. The van der Waals surface area contributed by atoms with Crippen LogP contribution in [0.25, 0.3) is 0 Å². The van der Waals surface area contributed by atoms with Gasteiger partial charge in [-0.25, -0.2) is 0 Å². The molecule has 10 aromatic carbocycles. The summed E-state index contributed by atoms with van der Waals surface area (Å²) in [5.74, 6) is 0. The quantitative estimate of drug-likeness (QED) is 0.0641. The molecule has 26 heteroatoms. The van der Waals surface area contributed by atoms with Crippen LogP contribution in [0, 0.1) is 0 Å². The van der Waals surface area contributed by atoms with Gasteiger partial charge in [0, 0.05) is 74.5 Å². The zero-order valence-electron chi connectivity index (χ0n) is 47.2. The molecule has 0 radical (unpaired) electrons. The standard InChI is InChI=1S/C36H28S3.C24H19S2.3CH3F.6F2.3FH.3Sb.6H/c1-5-13-31(14-6-1)38(32-15-7-2-8-16-32)35-25-21-29(22-26-35)37-30-23-27-36(28-24-30)39(33-17-9-3-10-18-33)34-19-11-4-12-20-34;1-4-10-20(11-5-1)25-21-16-18-24(19-17-21)26(22-12-6-2-7-13-22)23-14-8-3-9-15-23;9*1-2;;;;;;;;;;;;/h1-28H;1-19H;3*1H3;;;;;;;3*1H;;;;;;;;;/q+2;+1;;;;;;;;;;;;;3*+1;;;;;;/p-3. The van der Waals surface area contributed by atoms with Crippen molar-refractivity contribution in [3.63, 3.8) is 0 Å². The first kappa shape index (κ1) is 90.6. The molecule has 0 aliphatic carbocycles. The van der Waals surface area contributed by atoms with E-state index in [1.54, 1.807) is 11.8 Å². The predicted molar refractivity (Wildman–Crippen MR) is 343 cm³/mol. The van der Waals surface area contributed by atoms with E-state index in [-0.39, 0.29) is 103 Å². The number of hydrogen-bond acceptors (Lipinski definition) is 2. The van der Waals surface area contributed by atoms with Gasteiger partial charge in [0.1, 0.15) is 0 Å². The van der Waals surface area contributed by atoms with Crippen LogP contribution in [0.15, 0.2) is 349 Å². The Morgan fingerprint density at radius 1 is 0.180 bits per heavy atom. The molecular formula is C63H62F18S5Sb3+3. The van der Waals surface area contributed by atoms with Gasteiger partial charge in [0.05, 0.1) is 54.2 Å². The Morgan fingerprint density at radius 2 is 0.292 bits per heavy atom. The van der Waals surface area contributed by atoms with Crippen molar-refractivity contribution in [2.24, 2.45) is 0 Å². The maximum absolute atomic E-state index is 9.63. The summed E-state index contributed by atoms with van der Waals surface area (Å²) in [5.41, 5.74) is 0. The van der Waals surface area contributed by atoms with E-state index in [0.29, 0.717) is 21.5 Å². The Hall–Kier alpha value is -4.86. The monoisotopic (exact) mass is 1680 g/mol. The van der Waals surface area contributed by atoms with Gasteiger partial charge >= 0.3 is 79.2 Å². The van der Waals surface area contributed by atoms with E-state index in [4.69, 9.17) is 54.9 Å². The topological polar surface area (TPSA) is 0 Å². The van der Waals surface area contributed by atoms with Crippen molar-refractivity contribution in [3.8, 4) is 0 Å². The van der Waals surface area contributed by atoms with Crippen molar-refractivity contribution >= 4 is 127 Å². The summed E-state index contributed by atoms with van der Waals surface area (Å²) in [5, 5.41) is 0. The first-order valence-electron chi connectivity index (χ1n) is 24.1. The minimum absolute atomic E-state index is 0.0786. The summed E-state index contributed by atoms with van der Waals surface area (Å²) in [6.07, 6.45) is 0. The first-order valence-corrected chi connectivity index (χ1v) is 33.2. The van der Waals surface area contributed by atoms with Gasteiger partial charge in [-0.15, -0.1) is 0 Å². The van der Waals surface area contributed by atoms with E-state index in [1.807, 2.05) is 11.8 Å². The maximum Gasteiger partial charge on any atom is 0.166 e. The van der Waals surface area contributed by atoms with Gasteiger partial charge < -0.3 is 0 Å². The van der Waals surface area contributed by atoms with Crippen LogP contribution in [0.2, 0.25) is 0 Å². The Bertz CT molecular complexity index is 2760. The third-order valence-corrected chi connectivity index (χ3v) is 19.0. The van der Waals surface area contributed by atoms with Crippen molar-refractivity contribution in [1.29, 1.82) is 0 Å². The number of rotatable bonds is 13. The van der Waals surface area contributed by atoms with Crippen LogP contribution in [0.5, 0.6) is 0 Å². The number of hydrogen-bond donors (Lipinski definition) is 0. The van der Waals surface area contributed by atoms with E-state index in [2.05, 4.69) is 285 Å². The summed E-state index contributed by atoms with van der Waals surface area (Å²) in [6, 6.07) is 103. The van der Waals surface area contributed by atoms with Gasteiger partial charge in [-0.2, -0.15) is 0 Å². The molecule has 0 spiro atoms. The Morgan fingerprint density at radius 3 is 0.438 bits per heavy atom. The Labute approximate surface area is 568 Å². The average Bonchev–Trinajstić information content (AvgIpc) is 3.85. The zero-order valence-corrected chi connectivity index (χ0v) is 61.2. The van der Waals surface area contributed by atoms with Crippen LogP contribution >= 0.6 is 23.5 Å². The van der Waals surface area contributed by atoms with Crippen molar-refractivity contribution in [2.45, 2.75) is 63.6 Å². The van der Waals surface area contributed by atoms with Gasteiger partial charge in [-0.1, -0.05) is 151 Å². The molecule has 0 amide bonds. The SMILES string of the molecule is CF.CF.CF.FF.FF.FF.FF.FF.FF.[F][SbH2].[F][SbH2].[F][SbH2].c1ccc(Sc2ccc([S+](c3ccccc3)c3ccccc3)cc2)cc1.c1ccc([S+](c2ccccc2)c2ccc(Sc3ccc([S+](c4ccccc4)c4ccccc4)cc3)cc2)cc1. The molecule has 0 fully saturated rings. The second-order valence-corrected chi connectivity index (χ2v) is 23.1. The average molecular weight is 1690 g/mol. The van der Waals surface area contributed by atoms with E-state index >= 15 is 0 Å². The van der Waals surface area contributed by atoms with Crippen LogP contribution in [0.3, 0.4) is 0 Å². The third-order valence-electron chi connectivity index (χ3n) is 10.3. The van der Waals surface area contributed by atoms with E-state index in [1.165, 1.54) is 63.6 Å². The normalized spacial score (nSPS) is 8.84. The van der Waals surface area contributed by atoms with Gasteiger partial charge in [-0.05, 0) is 158 Å². The van der Waals surface area contributed by atoms with Crippen molar-refractivity contribution in [3.05, 3.63) is 285 Å². The van der Waals surface area contributed by atoms with Gasteiger partial charge in [0.15, 0.2) is 44.1 Å². The van der Waals surface area contributed by atoms with Crippen molar-refractivity contribution in [2.75, 3.05) is 21.5 Å². The van der Waals surface area contributed by atoms with Crippen LogP contribution in [-0.2, 0) is 32.7 Å². The Balaban J connectivity index is -0.000000628. The van der Waals surface area contributed by atoms with Gasteiger partial charge in [-0.3, -0.25) is 13.2 Å². The molecule has 10 aromatic rings. The molecule has 0 nitrogen and oxygen atoms in total. The van der Waals surface area contributed by atoms with Crippen LogP contribution < -0.4 is 0 Å².